The average Bonchev–Trinajstić information content (AvgIpc) is 2.61. The van der Waals surface area contributed by atoms with Crippen LogP contribution in [0.5, 0.6) is 0 Å². The van der Waals surface area contributed by atoms with E-state index in [1.807, 2.05) is 24.3 Å². The summed E-state index contributed by atoms with van der Waals surface area (Å²) in [6.45, 7) is 0. The number of nitrogens with two attached hydrogens (primary N) is 1. The number of halogens is 2. The number of carbonyl (C=O) groups is 1. The Morgan fingerprint density at radius 1 is 1.20 bits per heavy atom. The minimum atomic E-state index is -0.290. The molecule has 2 aromatic carbocycles. The lowest BCUT2D eigenvalue weighted by Gasteiger charge is -2.12. The van der Waals surface area contributed by atoms with Crippen LogP contribution in [0.2, 0.25) is 10.0 Å². The highest BCUT2D eigenvalue weighted by atomic mass is 35.5. The second-order valence-corrected chi connectivity index (χ2v) is 6.91. The Kier molecular flexibility index (Phi) is 5.49. The Balaban J connectivity index is 2.13. The summed E-state index contributed by atoms with van der Waals surface area (Å²) in [7, 11) is 0. The van der Waals surface area contributed by atoms with E-state index < -0.39 is 0 Å². The molecule has 0 aliphatic rings. The van der Waals surface area contributed by atoms with Crippen LogP contribution < -0.4 is 10.6 Å². The first-order valence-corrected chi connectivity index (χ1v) is 9.21. The highest BCUT2D eigenvalue weighted by Crippen LogP contribution is 2.28. The van der Waals surface area contributed by atoms with Crippen LogP contribution in [0.15, 0.2) is 47.4 Å². The van der Waals surface area contributed by atoms with Gasteiger partial charge in [0.1, 0.15) is 0 Å². The molecule has 0 spiro atoms. The third-order valence-electron chi connectivity index (χ3n) is 3.94. The fraction of sp³-hybridized carbons (Fsp3) is 0.111. The molecule has 0 radical (unpaired) electrons. The number of fused-ring (bicyclic) bond motifs is 1. The molecule has 3 aromatic rings. The molecule has 0 atom stereocenters. The first kappa shape index (κ1) is 18.0. The molecule has 4 nitrogen and oxygen atoms in total. The van der Waals surface area contributed by atoms with Gasteiger partial charge in [-0.1, -0.05) is 53.3 Å². The van der Waals surface area contributed by atoms with Gasteiger partial charge in [0.05, 0.1) is 27.0 Å². The Morgan fingerprint density at radius 3 is 2.72 bits per heavy atom. The van der Waals surface area contributed by atoms with Crippen LogP contribution in [0.1, 0.15) is 21.5 Å². The molecule has 2 N–H and O–H groups in total. The van der Waals surface area contributed by atoms with Gasteiger partial charge in [0.25, 0.3) is 0 Å². The zero-order chi connectivity index (χ0) is 18.0. The topological polar surface area (TPSA) is 65.1 Å². The minimum Gasteiger partial charge on any atom is -0.335 e. The fourth-order valence-corrected chi connectivity index (χ4v) is 3.51. The van der Waals surface area contributed by atoms with E-state index in [4.69, 9.17) is 28.3 Å². The second-order valence-electron chi connectivity index (χ2n) is 5.54. The molecule has 128 valence electrons. The Labute approximate surface area is 158 Å². The van der Waals surface area contributed by atoms with E-state index >= 15 is 0 Å². The molecule has 1 aromatic heterocycles. The quantitative estimate of drug-likeness (QED) is 0.519. The molecule has 7 heteroatoms. The minimum absolute atomic E-state index is 0.111. The van der Waals surface area contributed by atoms with Crippen molar-refractivity contribution >= 4 is 52.3 Å². The van der Waals surface area contributed by atoms with Crippen molar-refractivity contribution in [3.63, 3.8) is 0 Å². The van der Waals surface area contributed by atoms with Gasteiger partial charge in [0, 0.05) is 11.6 Å². The van der Waals surface area contributed by atoms with Crippen molar-refractivity contribution in [3.05, 3.63) is 79.6 Å². The number of hydrogen-bond acceptors (Lipinski definition) is 4. The number of pyridine rings is 1. The van der Waals surface area contributed by atoms with Crippen molar-refractivity contribution in [2.45, 2.75) is 12.3 Å². The maximum absolute atomic E-state index is 12.5. The van der Waals surface area contributed by atoms with Gasteiger partial charge >= 0.3 is 0 Å². The molecule has 0 amide bonds. The first-order valence-electron chi connectivity index (χ1n) is 7.41. The molecule has 0 unspecified atom stereocenters. The summed E-state index contributed by atoms with van der Waals surface area (Å²) in [4.78, 5) is 23.7. The molecule has 1 heterocycles. The smallest absolute Gasteiger partial charge is 0.199 e. The predicted octanol–water partition coefficient (Wildman–Crippen LogP) is 4.28. The van der Waals surface area contributed by atoms with Gasteiger partial charge in [-0.25, -0.2) is 0 Å². The van der Waals surface area contributed by atoms with Gasteiger partial charge in [-0.2, -0.15) is 0 Å². The summed E-state index contributed by atoms with van der Waals surface area (Å²) >= 11 is 13.4. The first-order chi connectivity index (χ1) is 12.0. The lowest BCUT2D eigenvalue weighted by molar-refractivity contribution is 0.112. The summed E-state index contributed by atoms with van der Waals surface area (Å²) in [6.07, 6.45) is 2.64. The summed E-state index contributed by atoms with van der Waals surface area (Å²) in [5, 5.41) is 7.02. The van der Waals surface area contributed by atoms with E-state index in [2.05, 4.69) is 0 Å². The van der Waals surface area contributed by atoms with Crippen molar-refractivity contribution in [3.8, 4) is 0 Å². The van der Waals surface area contributed by atoms with Crippen LogP contribution in [-0.4, -0.2) is 10.9 Å². The molecule has 25 heavy (non-hydrogen) atoms. The van der Waals surface area contributed by atoms with Crippen molar-refractivity contribution in [2.24, 2.45) is 5.14 Å². The Hall–Kier alpha value is -1.79. The molecule has 0 saturated carbocycles. The molecule has 3 rings (SSSR count). The van der Waals surface area contributed by atoms with E-state index in [0.29, 0.717) is 34.0 Å². The SMILES string of the molecule is NSCn1cc(C=O)c(=O)c2cc(Cc3cccc(Cl)c3Cl)ccc21. The zero-order valence-corrected chi connectivity index (χ0v) is 15.4. The summed E-state index contributed by atoms with van der Waals surface area (Å²) < 4.78 is 1.79. The van der Waals surface area contributed by atoms with Crippen LogP contribution in [0.25, 0.3) is 10.9 Å². The largest absolute Gasteiger partial charge is 0.335 e. The second kappa shape index (κ2) is 7.62. The van der Waals surface area contributed by atoms with Gasteiger partial charge in [0.2, 0.25) is 0 Å². The number of hydrogen-bond donors (Lipinski definition) is 1. The monoisotopic (exact) mass is 392 g/mol. The van der Waals surface area contributed by atoms with Gasteiger partial charge in [0.15, 0.2) is 11.7 Å². The van der Waals surface area contributed by atoms with Crippen LogP contribution >= 0.6 is 35.1 Å². The van der Waals surface area contributed by atoms with Crippen molar-refractivity contribution < 1.29 is 4.79 Å². The molecule has 0 bridgehead atoms. The maximum Gasteiger partial charge on any atom is 0.199 e. The highest BCUT2D eigenvalue weighted by molar-refractivity contribution is 7.96. The van der Waals surface area contributed by atoms with Gasteiger partial charge in [-0.3, -0.25) is 14.7 Å². The molecule has 0 aliphatic heterocycles. The number of carbonyl (C=O) groups excluding carboxylic acids is 1. The highest BCUT2D eigenvalue weighted by Gasteiger charge is 2.11. The number of aldehydes is 1. The lowest BCUT2D eigenvalue weighted by atomic mass is 10.0. The van der Waals surface area contributed by atoms with Crippen molar-refractivity contribution in [1.82, 2.24) is 4.57 Å². The van der Waals surface area contributed by atoms with E-state index in [1.165, 1.54) is 6.20 Å². The maximum atomic E-state index is 12.5. The Morgan fingerprint density at radius 2 is 2.00 bits per heavy atom. The molecule has 0 aliphatic carbocycles. The van der Waals surface area contributed by atoms with Gasteiger partial charge in [-0.15, -0.1) is 0 Å². The van der Waals surface area contributed by atoms with E-state index in [1.54, 1.807) is 16.7 Å². The molecule has 0 saturated heterocycles. The summed E-state index contributed by atoms with van der Waals surface area (Å²) in [6, 6.07) is 11.0. The molecular formula is C18H14Cl2N2O2S. The Bertz CT molecular complexity index is 1020. The van der Waals surface area contributed by atoms with Crippen LogP contribution in [-0.2, 0) is 12.3 Å². The van der Waals surface area contributed by atoms with Crippen LogP contribution in [0.4, 0.5) is 0 Å². The van der Waals surface area contributed by atoms with Gasteiger partial charge < -0.3 is 4.57 Å². The third kappa shape index (κ3) is 3.60. The molecule has 0 fully saturated rings. The van der Waals surface area contributed by atoms with Gasteiger partial charge in [-0.05, 0) is 35.7 Å². The van der Waals surface area contributed by atoms with Crippen LogP contribution in [0, 0.1) is 0 Å². The van der Waals surface area contributed by atoms with E-state index in [9.17, 15) is 9.59 Å². The van der Waals surface area contributed by atoms with Crippen molar-refractivity contribution in [2.75, 3.05) is 0 Å². The third-order valence-corrected chi connectivity index (χ3v) is 5.22. The predicted molar refractivity (Wildman–Crippen MR) is 105 cm³/mol. The normalized spacial score (nSPS) is 11.0. The number of nitrogens with zero attached hydrogens (tertiary/aromatic N) is 1. The fourth-order valence-electron chi connectivity index (χ4n) is 2.75. The average molecular weight is 393 g/mol. The van der Waals surface area contributed by atoms with E-state index in [0.717, 1.165) is 28.6 Å². The molecular weight excluding hydrogens is 379 g/mol. The lowest BCUT2D eigenvalue weighted by Crippen LogP contribution is -2.14. The number of rotatable bonds is 5. The summed E-state index contributed by atoms with van der Waals surface area (Å²) in [5.41, 5.74) is 2.33. The number of aromatic nitrogens is 1. The van der Waals surface area contributed by atoms with Crippen LogP contribution in [0.3, 0.4) is 0 Å². The standard InChI is InChI=1S/C18H14Cl2N2O2S/c19-15-3-1-2-12(17(15)20)6-11-4-5-16-14(7-11)18(24)13(9-23)8-22(16)10-25-21/h1-5,7-9H,6,10,21H2. The summed E-state index contributed by atoms with van der Waals surface area (Å²) in [5.74, 6) is 0.442. The number of benzene rings is 2. The zero-order valence-electron chi connectivity index (χ0n) is 13.0. The van der Waals surface area contributed by atoms with Crippen molar-refractivity contribution in [1.29, 1.82) is 0 Å². The van der Waals surface area contributed by atoms with E-state index in [-0.39, 0.29) is 11.0 Å².